The molecule has 6 nitrogen and oxygen atoms in total. The molecule has 3 heterocycles. The molecule has 1 aliphatic heterocycles. The average molecular weight is 305 g/mol. The van der Waals surface area contributed by atoms with E-state index >= 15 is 0 Å². The number of carbonyl (C=O) groups excluding carboxylic acids is 2. The molecule has 1 unspecified atom stereocenters. The highest BCUT2D eigenvalue weighted by Gasteiger charge is 2.24. The lowest BCUT2D eigenvalue weighted by molar-refractivity contribution is -0.122. The maximum absolute atomic E-state index is 12.2. The second kappa shape index (κ2) is 6.09. The predicted octanol–water partition coefficient (Wildman–Crippen LogP) is 1.80. The minimum atomic E-state index is -0.478. The van der Waals surface area contributed by atoms with Crippen LogP contribution in [0.3, 0.4) is 0 Å². The van der Waals surface area contributed by atoms with Gasteiger partial charge >= 0.3 is 0 Å². The lowest BCUT2D eigenvalue weighted by Gasteiger charge is -2.14. The summed E-state index contributed by atoms with van der Waals surface area (Å²) in [5.41, 5.74) is 0.309. The first-order valence-electron chi connectivity index (χ1n) is 6.82. The fourth-order valence-electron chi connectivity index (χ4n) is 2.20. The van der Waals surface area contributed by atoms with Crippen molar-refractivity contribution < 1.29 is 14.0 Å². The SMILES string of the molecule is O=C(NC1CCCCNC1=O)c1csc(-c2ccco2)n1. The summed E-state index contributed by atoms with van der Waals surface area (Å²) >= 11 is 1.34. The average Bonchev–Trinajstić information content (AvgIpc) is 3.12. The molecule has 0 bridgehead atoms. The Bertz CT molecular complexity index is 636. The molecule has 2 aromatic rings. The Morgan fingerprint density at radius 3 is 3.19 bits per heavy atom. The molecule has 0 saturated carbocycles. The van der Waals surface area contributed by atoms with Gasteiger partial charge in [-0.05, 0) is 31.4 Å². The van der Waals surface area contributed by atoms with Gasteiger partial charge in [-0.3, -0.25) is 9.59 Å². The molecular formula is C14H15N3O3S. The summed E-state index contributed by atoms with van der Waals surface area (Å²) in [6, 6.07) is 3.08. The van der Waals surface area contributed by atoms with Crippen LogP contribution in [0.5, 0.6) is 0 Å². The van der Waals surface area contributed by atoms with Crippen LogP contribution in [-0.4, -0.2) is 29.4 Å². The molecule has 0 aliphatic carbocycles. The highest BCUT2D eigenvalue weighted by Crippen LogP contribution is 2.23. The van der Waals surface area contributed by atoms with Gasteiger partial charge in [0, 0.05) is 11.9 Å². The van der Waals surface area contributed by atoms with Crippen molar-refractivity contribution in [1.29, 1.82) is 0 Å². The van der Waals surface area contributed by atoms with E-state index in [4.69, 9.17) is 4.42 Å². The highest BCUT2D eigenvalue weighted by molar-refractivity contribution is 7.13. The summed E-state index contributed by atoms with van der Waals surface area (Å²) in [6.45, 7) is 0.671. The van der Waals surface area contributed by atoms with Gasteiger partial charge in [0.25, 0.3) is 5.91 Å². The van der Waals surface area contributed by atoms with Crippen LogP contribution in [0, 0.1) is 0 Å². The second-order valence-electron chi connectivity index (χ2n) is 4.83. The van der Waals surface area contributed by atoms with E-state index in [9.17, 15) is 9.59 Å². The van der Waals surface area contributed by atoms with E-state index in [1.165, 1.54) is 11.3 Å². The third kappa shape index (κ3) is 3.13. The minimum absolute atomic E-state index is 0.123. The molecule has 21 heavy (non-hydrogen) atoms. The number of nitrogens with one attached hydrogen (secondary N) is 2. The molecule has 1 aliphatic rings. The number of aromatic nitrogens is 1. The molecule has 2 aromatic heterocycles. The van der Waals surface area contributed by atoms with Crippen LogP contribution in [0.1, 0.15) is 29.8 Å². The highest BCUT2D eigenvalue weighted by atomic mass is 32.1. The van der Waals surface area contributed by atoms with Crippen molar-refractivity contribution >= 4 is 23.2 Å². The van der Waals surface area contributed by atoms with Crippen molar-refractivity contribution in [2.45, 2.75) is 25.3 Å². The van der Waals surface area contributed by atoms with Gasteiger partial charge in [-0.2, -0.15) is 0 Å². The quantitative estimate of drug-likeness (QED) is 0.905. The Labute approximate surface area is 125 Å². The molecule has 2 N–H and O–H groups in total. The summed E-state index contributed by atoms with van der Waals surface area (Å²) in [5.74, 6) is 0.180. The van der Waals surface area contributed by atoms with Crippen molar-refractivity contribution in [3.63, 3.8) is 0 Å². The Morgan fingerprint density at radius 2 is 2.38 bits per heavy atom. The van der Waals surface area contributed by atoms with Crippen molar-refractivity contribution in [2.75, 3.05) is 6.54 Å². The summed E-state index contributed by atoms with van der Waals surface area (Å²) in [4.78, 5) is 28.2. The number of rotatable bonds is 3. The third-order valence-corrected chi connectivity index (χ3v) is 4.17. The zero-order valence-electron chi connectivity index (χ0n) is 11.3. The molecule has 3 rings (SSSR count). The second-order valence-corrected chi connectivity index (χ2v) is 5.69. The van der Waals surface area contributed by atoms with Crippen LogP contribution in [0.2, 0.25) is 0 Å². The van der Waals surface area contributed by atoms with E-state index in [0.29, 0.717) is 29.4 Å². The fourth-order valence-corrected chi connectivity index (χ4v) is 2.97. The molecule has 2 amide bonds. The van der Waals surface area contributed by atoms with E-state index in [1.807, 2.05) is 0 Å². The van der Waals surface area contributed by atoms with Gasteiger partial charge in [0.15, 0.2) is 10.8 Å². The molecule has 7 heteroatoms. The van der Waals surface area contributed by atoms with Crippen molar-refractivity contribution in [3.8, 4) is 10.8 Å². The minimum Gasteiger partial charge on any atom is -0.462 e. The van der Waals surface area contributed by atoms with Crippen molar-refractivity contribution in [1.82, 2.24) is 15.6 Å². The van der Waals surface area contributed by atoms with Crippen LogP contribution in [0.25, 0.3) is 10.8 Å². The third-order valence-electron chi connectivity index (χ3n) is 3.31. The Morgan fingerprint density at radius 1 is 1.48 bits per heavy atom. The summed E-state index contributed by atoms with van der Waals surface area (Å²) < 4.78 is 5.25. The van der Waals surface area contributed by atoms with Gasteiger partial charge in [0.05, 0.1) is 6.26 Å². The van der Waals surface area contributed by atoms with Crippen LogP contribution in [0.4, 0.5) is 0 Å². The monoisotopic (exact) mass is 305 g/mol. The normalized spacial score (nSPS) is 18.9. The number of amides is 2. The molecule has 1 fully saturated rings. The summed E-state index contributed by atoms with van der Waals surface area (Å²) in [5, 5.41) is 7.86. The van der Waals surface area contributed by atoms with E-state index in [0.717, 1.165) is 12.8 Å². The van der Waals surface area contributed by atoms with E-state index in [-0.39, 0.29) is 11.8 Å². The number of hydrogen-bond acceptors (Lipinski definition) is 5. The maximum atomic E-state index is 12.2. The molecule has 0 aromatic carbocycles. The first-order chi connectivity index (χ1) is 10.2. The Balaban J connectivity index is 1.69. The molecule has 0 radical (unpaired) electrons. The zero-order valence-corrected chi connectivity index (χ0v) is 12.1. The molecular weight excluding hydrogens is 290 g/mol. The van der Waals surface area contributed by atoms with Gasteiger partial charge in [-0.15, -0.1) is 11.3 Å². The number of furan rings is 1. The predicted molar refractivity (Wildman–Crippen MR) is 77.9 cm³/mol. The summed E-state index contributed by atoms with van der Waals surface area (Å²) in [7, 11) is 0. The Hall–Kier alpha value is -2.15. The fraction of sp³-hybridized carbons (Fsp3) is 0.357. The number of nitrogens with zero attached hydrogens (tertiary/aromatic N) is 1. The molecule has 0 spiro atoms. The zero-order chi connectivity index (χ0) is 14.7. The van der Waals surface area contributed by atoms with Crippen LogP contribution >= 0.6 is 11.3 Å². The summed E-state index contributed by atoms with van der Waals surface area (Å²) in [6.07, 6.45) is 4.08. The standard InChI is InChI=1S/C14H15N3O3S/c18-12-9(4-1-2-6-15-12)16-13(19)10-8-21-14(17-10)11-5-3-7-20-11/h3,5,7-9H,1-2,4,6H2,(H,15,18)(H,16,19). The number of carbonyl (C=O) groups is 2. The smallest absolute Gasteiger partial charge is 0.271 e. The van der Waals surface area contributed by atoms with Gasteiger partial charge in [0.1, 0.15) is 11.7 Å². The first-order valence-corrected chi connectivity index (χ1v) is 7.70. The number of thiazole rings is 1. The lowest BCUT2D eigenvalue weighted by Crippen LogP contribution is -2.45. The first kappa shape index (κ1) is 13.8. The molecule has 1 atom stereocenters. The largest absolute Gasteiger partial charge is 0.462 e. The van der Waals surface area contributed by atoms with E-state index < -0.39 is 6.04 Å². The number of hydrogen-bond donors (Lipinski definition) is 2. The van der Waals surface area contributed by atoms with Crippen LogP contribution in [0.15, 0.2) is 28.2 Å². The van der Waals surface area contributed by atoms with Gasteiger partial charge in [-0.1, -0.05) is 0 Å². The maximum Gasteiger partial charge on any atom is 0.271 e. The van der Waals surface area contributed by atoms with Gasteiger partial charge in [0.2, 0.25) is 5.91 Å². The molecule has 1 saturated heterocycles. The topological polar surface area (TPSA) is 84.2 Å². The van der Waals surface area contributed by atoms with Crippen molar-refractivity contribution in [3.05, 3.63) is 29.5 Å². The van der Waals surface area contributed by atoms with Crippen LogP contribution in [-0.2, 0) is 4.79 Å². The van der Waals surface area contributed by atoms with Gasteiger partial charge < -0.3 is 15.1 Å². The van der Waals surface area contributed by atoms with Crippen LogP contribution < -0.4 is 10.6 Å². The van der Waals surface area contributed by atoms with Gasteiger partial charge in [-0.25, -0.2) is 4.98 Å². The Kier molecular flexibility index (Phi) is 4.01. The van der Waals surface area contributed by atoms with Crippen molar-refractivity contribution in [2.24, 2.45) is 0 Å². The molecule has 110 valence electrons. The lowest BCUT2D eigenvalue weighted by atomic mass is 10.1. The van der Waals surface area contributed by atoms with E-state index in [2.05, 4.69) is 15.6 Å². The van der Waals surface area contributed by atoms with E-state index in [1.54, 1.807) is 23.8 Å².